The lowest BCUT2D eigenvalue weighted by molar-refractivity contribution is -0.138. The van der Waals surface area contributed by atoms with E-state index in [9.17, 15) is 22.8 Å². The number of hydrogen-bond donors (Lipinski definition) is 3. The summed E-state index contributed by atoms with van der Waals surface area (Å²) in [6.45, 7) is 3.50. The van der Waals surface area contributed by atoms with Crippen LogP contribution in [0.4, 0.5) is 30.5 Å². The third kappa shape index (κ3) is 5.39. The number of rotatable bonds is 6. The molecule has 178 valence electrons. The van der Waals surface area contributed by atoms with Crippen LogP contribution in [0, 0.1) is 13.8 Å². The Morgan fingerprint density at radius 3 is 2.35 bits per heavy atom. The number of carbonyl (C=O) groups excluding carboxylic acids is 2. The van der Waals surface area contributed by atoms with E-state index in [-0.39, 0.29) is 22.6 Å². The van der Waals surface area contributed by atoms with Crippen molar-refractivity contribution >= 4 is 29.1 Å². The molecule has 0 aliphatic heterocycles. The maximum Gasteiger partial charge on any atom is 0.419 e. The molecule has 0 spiro atoms. The van der Waals surface area contributed by atoms with Crippen molar-refractivity contribution in [1.82, 2.24) is 20.3 Å². The van der Waals surface area contributed by atoms with Gasteiger partial charge in [-0.2, -0.15) is 13.2 Å². The number of nitrogens with zero attached hydrogens (tertiary/aromatic N) is 3. The number of carbonyl (C=O) groups is 2. The first-order chi connectivity index (χ1) is 16.0. The van der Waals surface area contributed by atoms with Gasteiger partial charge in [0.25, 0.3) is 11.8 Å². The van der Waals surface area contributed by atoms with Crippen LogP contribution in [0.1, 0.15) is 37.8 Å². The van der Waals surface area contributed by atoms with Crippen LogP contribution in [-0.4, -0.2) is 40.9 Å². The number of aromatic nitrogens is 3. The third-order valence-electron chi connectivity index (χ3n) is 4.62. The zero-order valence-electron chi connectivity index (χ0n) is 18.7. The molecule has 1 aromatic carbocycles. The molecule has 0 bridgehead atoms. The van der Waals surface area contributed by atoms with Crippen molar-refractivity contribution in [3.63, 3.8) is 0 Å². The summed E-state index contributed by atoms with van der Waals surface area (Å²) in [6, 6.07) is 6.14. The molecular weight excluding hydrogens is 453 g/mol. The first kappa shape index (κ1) is 24.4. The summed E-state index contributed by atoms with van der Waals surface area (Å²) in [5, 5.41) is 7.87. The van der Waals surface area contributed by atoms with Crippen LogP contribution >= 0.6 is 0 Å². The number of anilines is 3. The Morgan fingerprint density at radius 2 is 1.74 bits per heavy atom. The number of para-hydroxylation sites is 1. The van der Waals surface area contributed by atoms with Gasteiger partial charge in [-0.05, 0) is 26.0 Å². The van der Waals surface area contributed by atoms with E-state index in [0.717, 1.165) is 19.2 Å². The maximum absolute atomic E-state index is 13.3. The lowest BCUT2D eigenvalue weighted by Crippen LogP contribution is -2.22. The van der Waals surface area contributed by atoms with E-state index >= 15 is 0 Å². The van der Waals surface area contributed by atoms with Gasteiger partial charge in [0.15, 0.2) is 0 Å². The molecule has 9 nitrogen and oxygen atoms in total. The Bertz CT molecular complexity index is 1230. The highest BCUT2D eigenvalue weighted by Crippen LogP contribution is 2.38. The number of amides is 2. The Hall–Kier alpha value is -4.22. The summed E-state index contributed by atoms with van der Waals surface area (Å²) in [5.41, 5.74) is -0.720. The molecule has 0 saturated carbocycles. The molecule has 3 N–H and O–H groups in total. The molecule has 2 amide bonds. The van der Waals surface area contributed by atoms with Crippen LogP contribution in [0.15, 0.2) is 36.5 Å². The molecule has 0 unspecified atom stereocenters. The summed E-state index contributed by atoms with van der Waals surface area (Å²) in [5.74, 6) is -0.903. The van der Waals surface area contributed by atoms with Gasteiger partial charge in [-0.25, -0.2) is 15.0 Å². The van der Waals surface area contributed by atoms with Crippen molar-refractivity contribution < 1.29 is 27.5 Å². The van der Waals surface area contributed by atoms with Crippen molar-refractivity contribution in [3.8, 4) is 5.75 Å². The maximum atomic E-state index is 13.3. The summed E-state index contributed by atoms with van der Waals surface area (Å²) in [7, 11) is 2.43. The van der Waals surface area contributed by atoms with Gasteiger partial charge < -0.3 is 20.7 Å². The number of nitrogens with one attached hydrogen (secondary N) is 3. The molecule has 0 saturated heterocycles. The fraction of sp³-hybridized carbons (Fsp3) is 0.227. The highest BCUT2D eigenvalue weighted by Gasteiger charge is 2.36. The Balaban J connectivity index is 2.00. The third-order valence-corrected chi connectivity index (χ3v) is 4.62. The molecule has 0 atom stereocenters. The topological polar surface area (TPSA) is 118 Å². The van der Waals surface area contributed by atoms with E-state index in [4.69, 9.17) is 4.74 Å². The molecule has 0 aliphatic rings. The summed E-state index contributed by atoms with van der Waals surface area (Å²) in [6.07, 6.45) is -3.50. The van der Waals surface area contributed by atoms with Crippen molar-refractivity contribution in [3.05, 3.63) is 64.7 Å². The lowest BCUT2D eigenvalue weighted by atomic mass is 10.1. The number of pyridine rings is 1. The summed E-state index contributed by atoms with van der Waals surface area (Å²) in [4.78, 5) is 37.8. The average Bonchev–Trinajstić information content (AvgIpc) is 2.76. The number of alkyl halides is 3. The normalized spacial score (nSPS) is 11.0. The quantitative estimate of drug-likeness (QED) is 0.496. The van der Waals surface area contributed by atoms with Crippen molar-refractivity contribution in [1.29, 1.82) is 0 Å². The number of hydrogen-bond acceptors (Lipinski definition) is 7. The van der Waals surface area contributed by atoms with E-state index in [1.54, 1.807) is 19.9 Å². The Labute approximate surface area is 192 Å². The second-order valence-corrected chi connectivity index (χ2v) is 7.10. The largest absolute Gasteiger partial charge is 0.495 e. The van der Waals surface area contributed by atoms with E-state index in [1.165, 1.54) is 25.4 Å². The second kappa shape index (κ2) is 9.73. The predicted octanol–water partition coefficient (Wildman–Crippen LogP) is 3.87. The van der Waals surface area contributed by atoms with Crippen LogP contribution < -0.4 is 20.7 Å². The summed E-state index contributed by atoms with van der Waals surface area (Å²) < 4.78 is 44.9. The molecule has 34 heavy (non-hydrogen) atoms. The van der Waals surface area contributed by atoms with Gasteiger partial charge in [0.2, 0.25) is 0 Å². The van der Waals surface area contributed by atoms with Gasteiger partial charge in [-0.3, -0.25) is 9.59 Å². The molecule has 0 fully saturated rings. The van der Waals surface area contributed by atoms with Gasteiger partial charge in [0, 0.05) is 31.1 Å². The van der Waals surface area contributed by atoms with E-state index in [0.29, 0.717) is 17.3 Å². The second-order valence-electron chi connectivity index (χ2n) is 7.10. The number of methoxy groups -OCH3 is 1. The summed E-state index contributed by atoms with van der Waals surface area (Å²) >= 11 is 0. The fourth-order valence-corrected chi connectivity index (χ4v) is 3.20. The lowest BCUT2D eigenvalue weighted by Gasteiger charge is -2.16. The Kier molecular flexibility index (Phi) is 6.99. The van der Waals surface area contributed by atoms with Gasteiger partial charge in [-0.1, -0.05) is 6.07 Å². The fourth-order valence-electron chi connectivity index (χ4n) is 3.20. The highest BCUT2D eigenvalue weighted by atomic mass is 19.4. The minimum Gasteiger partial charge on any atom is -0.495 e. The van der Waals surface area contributed by atoms with E-state index in [2.05, 4.69) is 30.9 Å². The zero-order valence-corrected chi connectivity index (χ0v) is 18.7. The predicted molar refractivity (Wildman–Crippen MR) is 118 cm³/mol. The van der Waals surface area contributed by atoms with Crippen LogP contribution in [0.3, 0.4) is 0 Å². The van der Waals surface area contributed by atoms with E-state index in [1.807, 2.05) is 0 Å². The first-order valence-electron chi connectivity index (χ1n) is 9.90. The highest BCUT2D eigenvalue weighted by molar-refractivity contribution is 6.10. The van der Waals surface area contributed by atoms with Crippen LogP contribution in [0.5, 0.6) is 5.75 Å². The molecule has 0 radical (unpaired) electrons. The minimum atomic E-state index is -4.73. The standard InChI is InChI=1S/C22H21F3N6O3/c1-11-8-18(29-12(2)28-11)31-17-9-16(14(10-27-17)20(32)26-3)30-21(33)13-6-5-7-15(19(13)34-4)22(23,24)25/h5-10H,1-4H3,(H,26,32)(H2,27,28,29,30,31,33). The average molecular weight is 474 g/mol. The molecule has 2 aromatic heterocycles. The molecule has 2 heterocycles. The molecule has 0 aliphatic carbocycles. The monoisotopic (exact) mass is 474 g/mol. The van der Waals surface area contributed by atoms with Crippen LogP contribution in [0.25, 0.3) is 0 Å². The minimum absolute atomic E-state index is 0.00221. The van der Waals surface area contributed by atoms with Gasteiger partial charge in [-0.15, -0.1) is 0 Å². The van der Waals surface area contributed by atoms with Crippen LogP contribution in [-0.2, 0) is 6.18 Å². The molecule has 3 aromatic rings. The van der Waals surface area contributed by atoms with E-state index < -0.39 is 29.3 Å². The number of aryl methyl sites for hydroxylation is 2. The van der Waals surface area contributed by atoms with Gasteiger partial charge in [0.1, 0.15) is 23.2 Å². The number of halogens is 3. The SMILES string of the molecule is CNC(=O)c1cnc(Nc2cc(C)nc(C)n2)cc1NC(=O)c1cccc(C(F)(F)F)c1OC. The molecule has 12 heteroatoms. The smallest absolute Gasteiger partial charge is 0.419 e. The first-order valence-corrected chi connectivity index (χ1v) is 9.90. The van der Waals surface area contributed by atoms with Crippen molar-refractivity contribution in [2.45, 2.75) is 20.0 Å². The number of ether oxygens (including phenoxy) is 1. The van der Waals surface area contributed by atoms with Crippen molar-refractivity contribution in [2.24, 2.45) is 0 Å². The Morgan fingerprint density at radius 1 is 1.00 bits per heavy atom. The van der Waals surface area contributed by atoms with Gasteiger partial charge >= 0.3 is 6.18 Å². The van der Waals surface area contributed by atoms with Crippen molar-refractivity contribution in [2.75, 3.05) is 24.8 Å². The van der Waals surface area contributed by atoms with Gasteiger partial charge in [0.05, 0.1) is 29.5 Å². The zero-order chi connectivity index (χ0) is 25.0. The molecule has 3 rings (SSSR count). The molecular formula is C22H21F3N6O3. The van der Waals surface area contributed by atoms with Crippen LogP contribution in [0.2, 0.25) is 0 Å². The number of benzene rings is 1.